The number of piperidine rings is 1. The monoisotopic (exact) mass is 155 g/mol. The molecule has 0 N–H and O–H groups in total. The first-order valence-electron chi connectivity index (χ1n) is 4.38. The van der Waals surface area contributed by atoms with Gasteiger partial charge in [0.1, 0.15) is 0 Å². The molecule has 1 aliphatic rings. The Kier molecular flexibility index (Phi) is 2.53. The maximum Gasteiger partial charge on any atom is 0.219 e. The van der Waals surface area contributed by atoms with E-state index in [1.54, 1.807) is 6.92 Å². The fraction of sp³-hybridized carbons (Fsp3) is 0.889. The summed E-state index contributed by atoms with van der Waals surface area (Å²) in [5, 5.41) is 0. The summed E-state index contributed by atoms with van der Waals surface area (Å²) >= 11 is 0. The number of amides is 1. The maximum atomic E-state index is 11.1. The van der Waals surface area contributed by atoms with Gasteiger partial charge in [-0.25, -0.2) is 0 Å². The van der Waals surface area contributed by atoms with Gasteiger partial charge in [0.25, 0.3) is 0 Å². The predicted molar refractivity (Wildman–Crippen MR) is 45.2 cm³/mol. The predicted octanol–water partition coefficient (Wildman–Crippen LogP) is 1.65. The summed E-state index contributed by atoms with van der Waals surface area (Å²) in [6.45, 7) is 6.96. The van der Waals surface area contributed by atoms with Crippen LogP contribution in [0, 0.1) is 5.92 Å². The van der Waals surface area contributed by atoms with Gasteiger partial charge in [-0.05, 0) is 25.7 Å². The fourth-order valence-corrected chi connectivity index (χ4v) is 1.73. The van der Waals surface area contributed by atoms with Gasteiger partial charge in [0.05, 0.1) is 0 Å². The summed E-state index contributed by atoms with van der Waals surface area (Å²) in [6.07, 6.45) is 2.44. The van der Waals surface area contributed by atoms with Crippen LogP contribution in [-0.4, -0.2) is 23.4 Å². The molecular weight excluding hydrogens is 138 g/mol. The first-order valence-corrected chi connectivity index (χ1v) is 4.38. The molecule has 2 unspecified atom stereocenters. The third-order valence-corrected chi connectivity index (χ3v) is 2.52. The maximum absolute atomic E-state index is 11.1. The van der Waals surface area contributed by atoms with Crippen molar-refractivity contribution in [3.63, 3.8) is 0 Å². The molecule has 0 aromatic carbocycles. The molecule has 0 aromatic rings. The molecule has 2 atom stereocenters. The number of carbonyl (C=O) groups excluding carboxylic acids is 1. The first-order chi connectivity index (χ1) is 5.11. The standard InChI is InChI=1S/C9H17NO/c1-7-4-5-8(2)10(6-7)9(3)11/h7-8H,4-6H2,1-3H3. The average molecular weight is 155 g/mol. The summed E-state index contributed by atoms with van der Waals surface area (Å²) in [4.78, 5) is 13.1. The molecule has 64 valence electrons. The van der Waals surface area contributed by atoms with E-state index in [9.17, 15) is 4.79 Å². The number of hydrogen-bond donors (Lipinski definition) is 0. The van der Waals surface area contributed by atoms with E-state index in [0.29, 0.717) is 12.0 Å². The minimum absolute atomic E-state index is 0.226. The van der Waals surface area contributed by atoms with Gasteiger partial charge < -0.3 is 4.90 Å². The SMILES string of the molecule is CC(=O)N1CC(C)CCC1C. The van der Waals surface area contributed by atoms with Crippen LogP contribution in [0.1, 0.15) is 33.6 Å². The van der Waals surface area contributed by atoms with Crippen LogP contribution >= 0.6 is 0 Å². The van der Waals surface area contributed by atoms with Gasteiger partial charge in [-0.1, -0.05) is 6.92 Å². The van der Waals surface area contributed by atoms with Crippen LogP contribution in [0.2, 0.25) is 0 Å². The van der Waals surface area contributed by atoms with E-state index in [-0.39, 0.29) is 5.91 Å². The molecule has 0 radical (unpaired) electrons. The molecule has 1 heterocycles. The lowest BCUT2D eigenvalue weighted by Gasteiger charge is -2.36. The Hall–Kier alpha value is -0.530. The lowest BCUT2D eigenvalue weighted by atomic mass is 9.95. The van der Waals surface area contributed by atoms with Gasteiger partial charge in [-0.3, -0.25) is 4.79 Å². The molecule has 0 spiro atoms. The highest BCUT2D eigenvalue weighted by atomic mass is 16.2. The van der Waals surface area contributed by atoms with Crippen molar-refractivity contribution in [2.45, 2.75) is 39.7 Å². The van der Waals surface area contributed by atoms with Crippen LogP contribution in [0.4, 0.5) is 0 Å². The highest BCUT2D eigenvalue weighted by Crippen LogP contribution is 2.20. The van der Waals surface area contributed by atoms with E-state index < -0.39 is 0 Å². The van der Waals surface area contributed by atoms with E-state index in [0.717, 1.165) is 6.54 Å². The molecular formula is C9H17NO. The van der Waals surface area contributed by atoms with Crippen molar-refractivity contribution in [1.29, 1.82) is 0 Å². The molecule has 1 aliphatic heterocycles. The minimum atomic E-state index is 0.226. The average Bonchev–Trinajstić information content (AvgIpc) is 1.94. The molecule has 0 saturated carbocycles. The summed E-state index contributed by atoms with van der Waals surface area (Å²) in [6, 6.07) is 0.462. The molecule has 2 nitrogen and oxygen atoms in total. The molecule has 0 aromatic heterocycles. The summed E-state index contributed by atoms with van der Waals surface area (Å²) < 4.78 is 0. The van der Waals surface area contributed by atoms with Crippen molar-refractivity contribution in [3.8, 4) is 0 Å². The van der Waals surface area contributed by atoms with Gasteiger partial charge in [0.15, 0.2) is 0 Å². The van der Waals surface area contributed by atoms with E-state index in [4.69, 9.17) is 0 Å². The largest absolute Gasteiger partial charge is 0.340 e. The Morgan fingerprint density at radius 2 is 2.00 bits per heavy atom. The Balaban J connectivity index is 2.54. The minimum Gasteiger partial charge on any atom is -0.340 e. The molecule has 1 rings (SSSR count). The Bertz CT molecular complexity index is 156. The molecule has 2 heteroatoms. The molecule has 1 amide bonds. The van der Waals surface area contributed by atoms with Gasteiger partial charge in [0, 0.05) is 19.5 Å². The topological polar surface area (TPSA) is 20.3 Å². The second-order valence-electron chi connectivity index (χ2n) is 3.70. The Morgan fingerprint density at radius 3 is 2.45 bits per heavy atom. The van der Waals surface area contributed by atoms with Crippen LogP contribution in [-0.2, 0) is 4.79 Å². The van der Waals surface area contributed by atoms with E-state index in [1.165, 1.54) is 12.8 Å². The Labute approximate surface area is 68.6 Å². The smallest absolute Gasteiger partial charge is 0.219 e. The van der Waals surface area contributed by atoms with Crippen LogP contribution in [0.3, 0.4) is 0 Å². The lowest BCUT2D eigenvalue weighted by molar-refractivity contribution is -0.132. The number of rotatable bonds is 0. The second kappa shape index (κ2) is 3.24. The zero-order chi connectivity index (χ0) is 8.43. The van der Waals surface area contributed by atoms with Crippen molar-refractivity contribution in [3.05, 3.63) is 0 Å². The normalized spacial score (nSPS) is 32.1. The fourth-order valence-electron chi connectivity index (χ4n) is 1.73. The number of nitrogens with zero attached hydrogens (tertiary/aromatic N) is 1. The third kappa shape index (κ3) is 1.95. The molecule has 11 heavy (non-hydrogen) atoms. The number of likely N-dealkylation sites (tertiary alicyclic amines) is 1. The zero-order valence-corrected chi connectivity index (χ0v) is 7.63. The number of carbonyl (C=O) groups is 1. The van der Waals surface area contributed by atoms with Crippen molar-refractivity contribution in [2.24, 2.45) is 5.92 Å². The molecule has 0 aliphatic carbocycles. The van der Waals surface area contributed by atoms with Crippen molar-refractivity contribution < 1.29 is 4.79 Å². The molecule has 1 saturated heterocycles. The van der Waals surface area contributed by atoms with Crippen LogP contribution in [0.15, 0.2) is 0 Å². The lowest BCUT2D eigenvalue weighted by Crippen LogP contribution is -2.43. The van der Waals surface area contributed by atoms with Gasteiger partial charge >= 0.3 is 0 Å². The van der Waals surface area contributed by atoms with E-state index in [1.807, 2.05) is 4.90 Å². The zero-order valence-electron chi connectivity index (χ0n) is 7.63. The van der Waals surface area contributed by atoms with Crippen LogP contribution in [0.25, 0.3) is 0 Å². The van der Waals surface area contributed by atoms with Gasteiger partial charge in [0.2, 0.25) is 5.91 Å². The summed E-state index contributed by atoms with van der Waals surface area (Å²) in [5.74, 6) is 0.916. The van der Waals surface area contributed by atoms with Crippen LogP contribution in [0.5, 0.6) is 0 Å². The van der Waals surface area contributed by atoms with Crippen molar-refractivity contribution in [2.75, 3.05) is 6.54 Å². The van der Waals surface area contributed by atoms with E-state index in [2.05, 4.69) is 13.8 Å². The molecule has 0 bridgehead atoms. The highest BCUT2D eigenvalue weighted by Gasteiger charge is 2.23. The van der Waals surface area contributed by atoms with Crippen LogP contribution < -0.4 is 0 Å². The summed E-state index contributed by atoms with van der Waals surface area (Å²) in [7, 11) is 0. The molecule has 1 fully saturated rings. The van der Waals surface area contributed by atoms with Gasteiger partial charge in [-0.2, -0.15) is 0 Å². The highest BCUT2D eigenvalue weighted by molar-refractivity contribution is 5.73. The van der Waals surface area contributed by atoms with Gasteiger partial charge in [-0.15, -0.1) is 0 Å². The quantitative estimate of drug-likeness (QED) is 0.521. The third-order valence-electron chi connectivity index (χ3n) is 2.52. The summed E-state index contributed by atoms with van der Waals surface area (Å²) in [5.41, 5.74) is 0. The second-order valence-corrected chi connectivity index (χ2v) is 3.70. The first kappa shape index (κ1) is 8.57. The van der Waals surface area contributed by atoms with E-state index >= 15 is 0 Å². The van der Waals surface area contributed by atoms with Crippen molar-refractivity contribution >= 4 is 5.91 Å². The Morgan fingerprint density at radius 1 is 1.36 bits per heavy atom. The van der Waals surface area contributed by atoms with Crippen molar-refractivity contribution in [1.82, 2.24) is 4.90 Å². The number of hydrogen-bond acceptors (Lipinski definition) is 1.